The van der Waals surface area contributed by atoms with E-state index in [1.165, 1.54) is 16.7 Å². The van der Waals surface area contributed by atoms with E-state index in [2.05, 4.69) is 41.9 Å². The first-order chi connectivity index (χ1) is 41.7. The van der Waals surface area contributed by atoms with Crippen molar-refractivity contribution in [2.24, 2.45) is 87.1 Å². The minimum Gasteiger partial charge on any atom is -0.396 e. The first kappa shape index (κ1) is 60.2. The third kappa shape index (κ3) is 8.50. The fourth-order valence-corrected chi connectivity index (χ4v) is 24.6. The number of carbonyl (C=O) groups excluding carboxylic acids is 1. The number of hydrogen-bond donors (Lipinski definition) is 12. The number of allylic oxidation sites excluding steroid dienone is 9. The fourth-order valence-electron chi connectivity index (χ4n) is 24.6. The molecule has 0 amide bonds. The lowest BCUT2D eigenvalue weighted by Crippen LogP contribution is -2.76. The van der Waals surface area contributed by atoms with E-state index in [1.54, 1.807) is 13.8 Å². The van der Waals surface area contributed by atoms with Crippen LogP contribution in [0.1, 0.15) is 181 Å². The van der Waals surface area contributed by atoms with Crippen molar-refractivity contribution in [2.75, 3.05) is 13.2 Å². The summed E-state index contributed by atoms with van der Waals surface area (Å²) in [6, 6.07) is 0. The van der Waals surface area contributed by atoms with Gasteiger partial charge in [0.05, 0.1) is 82.9 Å². The summed E-state index contributed by atoms with van der Waals surface area (Å²) in [4.78, 5) is 17.5. The van der Waals surface area contributed by atoms with Gasteiger partial charge in [0.15, 0.2) is 5.78 Å². The van der Waals surface area contributed by atoms with Gasteiger partial charge in [0.1, 0.15) is 5.60 Å². The molecule has 0 aromatic heterocycles. The van der Waals surface area contributed by atoms with Crippen LogP contribution in [0.3, 0.4) is 0 Å². The van der Waals surface area contributed by atoms with Crippen molar-refractivity contribution in [3.63, 3.8) is 0 Å². The molecule has 7 saturated carbocycles. The molecule has 1 unspecified atom stereocenters. The zero-order valence-corrected chi connectivity index (χ0v) is 52.0. The number of dihydropyridines is 1. The summed E-state index contributed by atoms with van der Waals surface area (Å²) < 4.78 is 14.6. The molecule has 3 spiro atoms. The Kier molecular flexibility index (Phi) is 14.9. The summed E-state index contributed by atoms with van der Waals surface area (Å²) in [5.74, 6) is -2.64. The number of carbonyl (C=O) groups is 1. The van der Waals surface area contributed by atoms with Gasteiger partial charge in [-0.2, -0.15) is 0 Å². The van der Waals surface area contributed by atoms with Crippen molar-refractivity contribution in [2.45, 2.75) is 259 Å². The van der Waals surface area contributed by atoms with E-state index in [0.29, 0.717) is 55.9 Å². The molecule has 0 radical (unpaired) electrons. The van der Waals surface area contributed by atoms with Gasteiger partial charge in [0.2, 0.25) is 0 Å². The molecule has 87 heavy (non-hydrogen) atoms. The van der Waals surface area contributed by atoms with Crippen LogP contribution in [0.5, 0.6) is 0 Å². The molecule has 8 bridgehead atoms. The second-order valence-electron chi connectivity index (χ2n) is 31.8. The third-order valence-electron chi connectivity index (χ3n) is 27.9. The van der Waals surface area contributed by atoms with E-state index >= 15 is 15.0 Å². The molecule has 478 valence electrons. The lowest BCUT2D eigenvalue weighted by molar-refractivity contribution is -0.279. The molecule has 15 heteroatoms. The molecule has 0 aromatic carbocycles. The number of rotatable bonds is 11. The van der Waals surface area contributed by atoms with Crippen LogP contribution >= 0.6 is 0 Å². The number of ketones is 1. The normalized spacial score (nSPS) is 51.4. The average molecular weight is 1200 g/mol. The van der Waals surface area contributed by atoms with Crippen molar-refractivity contribution in [1.82, 2.24) is 10.6 Å². The highest BCUT2D eigenvalue weighted by Gasteiger charge is 2.82. The second kappa shape index (κ2) is 21.5. The molecule has 16 aliphatic rings. The second-order valence-corrected chi connectivity index (χ2v) is 31.8. The van der Waals surface area contributed by atoms with Crippen LogP contribution in [0.25, 0.3) is 0 Å². The Bertz CT molecular complexity index is 2980. The molecule has 9 fully saturated rings. The fraction of sp³-hybridized carbons (Fsp3) is 0.792. The van der Waals surface area contributed by atoms with Gasteiger partial charge in [-0.15, -0.1) is 0 Å². The summed E-state index contributed by atoms with van der Waals surface area (Å²) in [5, 5.41) is 126. The van der Waals surface area contributed by atoms with E-state index in [0.717, 1.165) is 88.3 Å². The monoisotopic (exact) mass is 1200 g/mol. The molecule has 2 saturated heterocycles. The van der Waals surface area contributed by atoms with Crippen LogP contribution in [0, 0.1) is 81.3 Å². The number of ether oxygens (including phenoxy) is 2. The Morgan fingerprint density at radius 2 is 1.69 bits per heavy atom. The number of aliphatic hydroxyl groups excluding tert-OH is 5. The maximum absolute atomic E-state index is 17.5. The summed E-state index contributed by atoms with van der Waals surface area (Å²) in [5.41, 5.74) is 0.824. The van der Waals surface area contributed by atoms with Crippen molar-refractivity contribution in [3.8, 4) is 0 Å². The van der Waals surface area contributed by atoms with Crippen LogP contribution in [-0.4, -0.2) is 142 Å². The number of Topliss-reactive ketones (excluding diaryl/α,β-unsaturated/α-hetero) is 1. The number of hydrogen-bond acceptors (Lipinski definition) is 15. The Morgan fingerprint density at radius 3 is 2.49 bits per heavy atom. The van der Waals surface area contributed by atoms with E-state index < -0.39 is 99.0 Å². The largest absolute Gasteiger partial charge is 0.396 e. The van der Waals surface area contributed by atoms with Crippen LogP contribution < -0.4 is 16.4 Å². The SMILES string of the molecule is CCC[C@@H]1CC[C@H]2[C@H]3[C@@H](O[C@@H]2CC1)[C@@](O)([C@](C)(O)[C@H]1CC[C@@]2(O)C4=C(NC[C@H](C)O)C(=O)[C@@]56/C=C/[C@H]7C8=C9C(=CC8)[C@H]8CCC[C@@H]8O[C@@H]9C[C@@H]8CC[C@@H](C[C@H]87)[C@@]12C[C@@]1(O)C=C[C@H](C2=C(CCCO)NC(N)C=C2)C[C@@]5(C[C@H](O)[C@H](O)C6)[C@H]41)CCC[C@@H]3O. The highest BCUT2D eigenvalue weighted by atomic mass is 16.5. The number of aliphatic hydroxyl groups is 9. The maximum Gasteiger partial charge on any atom is 0.189 e. The summed E-state index contributed by atoms with van der Waals surface area (Å²) in [6.45, 7) is 5.59. The molecular formula is C72H103N3O12. The molecule has 0 aromatic rings. The molecule has 13 aliphatic carbocycles. The van der Waals surface area contributed by atoms with Gasteiger partial charge in [0, 0.05) is 59.3 Å². The van der Waals surface area contributed by atoms with E-state index in [4.69, 9.17) is 15.2 Å². The van der Waals surface area contributed by atoms with Gasteiger partial charge in [-0.05, 0) is 213 Å². The Morgan fingerprint density at radius 1 is 0.874 bits per heavy atom. The van der Waals surface area contributed by atoms with Gasteiger partial charge in [0.25, 0.3) is 0 Å². The summed E-state index contributed by atoms with van der Waals surface area (Å²) in [6.07, 6.45) is 24.4. The van der Waals surface area contributed by atoms with Crippen LogP contribution in [0.4, 0.5) is 0 Å². The predicted octanol–water partition coefficient (Wildman–Crippen LogP) is 7.04. The minimum atomic E-state index is -1.99. The first-order valence-corrected chi connectivity index (χ1v) is 35.0. The van der Waals surface area contributed by atoms with E-state index in [9.17, 15) is 35.7 Å². The van der Waals surface area contributed by atoms with Crippen molar-refractivity contribution >= 4 is 5.78 Å². The van der Waals surface area contributed by atoms with Crippen LogP contribution in [0.2, 0.25) is 0 Å². The van der Waals surface area contributed by atoms with Crippen LogP contribution in [-0.2, 0) is 14.3 Å². The molecular weight excluding hydrogens is 1100 g/mol. The first-order valence-electron chi connectivity index (χ1n) is 35.0. The van der Waals surface area contributed by atoms with Gasteiger partial charge in [-0.1, -0.05) is 74.6 Å². The molecule has 27 atom stereocenters. The molecule has 3 heterocycles. The topological polar surface area (TPSA) is 268 Å². The molecule has 13 N–H and O–H groups in total. The zero-order chi connectivity index (χ0) is 60.5. The smallest absolute Gasteiger partial charge is 0.189 e. The van der Waals surface area contributed by atoms with E-state index in [1.807, 2.05) is 18.2 Å². The Labute approximate surface area is 515 Å². The van der Waals surface area contributed by atoms with Crippen LogP contribution in [0.15, 0.2) is 81.8 Å². The number of nitrogens with two attached hydrogens (primary N) is 1. The Balaban J connectivity index is 0.987. The quantitative estimate of drug-likeness (QED) is 0.0926. The lowest BCUT2D eigenvalue weighted by Gasteiger charge is -2.71. The third-order valence-corrected chi connectivity index (χ3v) is 27.9. The van der Waals surface area contributed by atoms with Gasteiger partial charge >= 0.3 is 0 Å². The molecule has 3 aliphatic heterocycles. The minimum absolute atomic E-state index is 0.00205. The maximum atomic E-state index is 17.5. The predicted molar refractivity (Wildman–Crippen MR) is 327 cm³/mol. The molecule has 15 nitrogen and oxygen atoms in total. The van der Waals surface area contributed by atoms with Crippen molar-refractivity contribution in [1.29, 1.82) is 0 Å². The van der Waals surface area contributed by atoms with Gasteiger partial charge in [-0.25, -0.2) is 0 Å². The summed E-state index contributed by atoms with van der Waals surface area (Å²) in [7, 11) is 0. The highest BCUT2D eigenvalue weighted by Crippen LogP contribution is 2.80. The van der Waals surface area contributed by atoms with Crippen molar-refractivity contribution < 1.29 is 60.2 Å². The lowest BCUT2D eigenvalue weighted by atomic mass is 9.34. The van der Waals surface area contributed by atoms with E-state index in [-0.39, 0.29) is 117 Å². The van der Waals surface area contributed by atoms with Crippen molar-refractivity contribution in [3.05, 3.63) is 81.8 Å². The highest BCUT2D eigenvalue weighted by molar-refractivity contribution is 6.04. The van der Waals surface area contributed by atoms with Gasteiger partial charge < -0.3 is 71.8 Å². The standard InChI is InChI=1S/C72H103N3O12/c1-4-8-39-13-17-48-55(21-14-39)87-65-60(48)51(78)11-6-26-72(65,85)66(3,82)57-25-29-71(84)61-62(74-36-38(2)77)64(81)67-27-24-44-46-18-19-47-45-9-5-12-54(45)86-56(59(46)47)31-40-15-16-42(32-49(40)44)70(57,71)37-69(83)28-23-41(43-20-22-58(73)75-50(43)10-7-30-76)33-68(67,63(61)69)35-53(80)52(79)34-67/h19-20,22-24,27-28,38-42,44-45,48-49,51-58,60,63,65,74-80,82-85H,4-18,21,25-26,29-37,73H2,1-3H3/b27-24+/t38-,39+,40-,41-,42-,44-,45+,48+,49+,51-,52+,53-,54-,55+,56+,57+,58?,60+,63-,65+,66+,67-,68+,69-,70-,71+,72+/m0/s1. The molecule has 16 rings (SSSR count). The average Bonchev–Trinajstić information content (AvgIpc) is 1.64. The summed E-state index contributed by atoms with van der Waals surface area (Å²) >= 11 is 0. The van der Waals surface area contributed by atoms with Gasteiger partial charge in [-0.3, -0.25) is 4.79 Å². The Hall–Kier alpha value is -3.03. The number of fused-ring (bicyclic) bond motifs is 6. The zero-order valence-electron chi connectivity index (χ0n) is 52.0. The number of nitrogens with one attached hydrogen (secondary N) is 2.